The lowest BCUT2D eigenvalue weighted by Crippen LogP contribution is -2.41. The summed E-state index contributed by atoms with van der Waals surface area (Å²) < 4.78 is 8.76. The van der Waals surface area contributed by atoms with E-state index in [4.69, 9.17) is 10.00 Å². The molecule has 1 aliphatic rings. The summed E-state index contributed by atoms with van der Waals surface area (Å²) >= 11 is 0. The number of morpholine rings is 1. The molecule has 0 aromatic carbocycles. The third-order valence-corrected chi connectivity index (χ3v) is 4.77. The zero-order valence-corrected chi connectivity index (χ0v) is 15.6. The number of hydrogen-bond donors (Lipinski definition) is 1. The summed E-state index contributed by atoms with van der Waals surface area (Å²) in [6.45, 7) is 4.63. The van der Waals surface area contributed by atoms with E-state index in [1.807, 2.05) is 6.20 Å². The van der Waals surface area contributed by atoms with E-state index in [-0.39, 0.29) is 5.91 Å². The zero-order valence-electron chi connectivity index (χ0n) is 15.6. The Morgan fingerprint density at radius 2 is 2.14 bits per heavy atom. The van der Waals surface area contributed by atoms with Gasteiger partial charge >= 0.3 is 0 Å². The Kier molecular flexibility index (Phi) is 5.06. The normalized spacial score (nSPS) is 14.9. The van der Waals surface area contributed by atoms with Gasteiger partial charge in [0.05, 0.1) is 24.5 Å². The Morgan fingerprint density at radius 3 is 2.93 bits per heavy atom. The van der Waals surface area contributed by atoms with Gasteiger partial charge in [-0.2, -0.15) is 10.4 Å². The monoisotopic (exact) mass is 379 g/mol. The molecule has 1 amide bonds. The molecule has 1 N–H and O–H groups in total. The molecular weight excluding hydrogens is 358 g/mol. The van der Waals surface area contributed by atoms with Crippen LogP contribution in [0.15, 0.2) is 30.6 Å². The minimum Gasteiger partial charge on any atom is -0.379 e. The highest BCUT2D eigenvalue weighted by molar-refractivity contribution is 5.93. The van der Waals surface area contributed by atoms with Crippen molar-refractivity contribution < 1.29 is 9.53 Å². The van der Waals surface area contributed by atoms with Gasteiger partial charge in [-0.15, -0.1) is 0 Å². The Hall–Kier alpha value is -3.22. The molecule has 0 spiro atoms. The second-order valence-corrected chi connectivity index (χ2v) is 6.67. The predicted octanol–water partition coefficient (Wildman–Crippen LogP) is 0.668. The van der Waals surface area contributed by atoms with Crippen LogP contribution in [0.25, 0.3) is 17.0 Å². The van der Waals surface area contributed by atoms with Gasteiger partial charge < -0.3 is 14.5 Å². The number of nitrogens with zero attached hydrogens (tertiary/aromatic N) is 6. The number of nitrogens with one attached hydrogen (secondary N) is 1. The Morgan fingerprint density at radius 1 is 1.32 bits per heavy atom. The lowest BCUT2D eigenvalue weighted by Gasteiger charge is -2.26. The van der Waals surface area contributed by atoms with Gasteiger partial charge in [-0.1, -0.05) is 0 Å². The highest BCUT2D eigenvalue weighted by atomic mass is 16.5. The van der Waals surface area contributed by atoms with Crippen molar-refractivity contribution in [3.63, 3.8) is 0 Å². The molecule has 0 aliphatic carbocycles. The highest BCUT2D eigenvalue weighted by Crippen LogP contribution is 2.20. The average molecular weight is 379 g/mol. The van der Waals surface area contributed by atoms with Crippen LogP contribution >= 0.6 is 0 Å². The number of ether oxygens (including phenoxy) is 1. The summed E-state index contributed by atoms with van der Waals surface area (Å²) in [5.74, 6) is -0.203. The molecule has 0 unspecified atom stereocenters. The van der Waals surface area contributed by atoms with Crippen LogP contribution < -0.4 is 5.32 Å². The van der Waals surface area contributed by atoms with Crippen molar-refractivity contribution in [2.75, 3.05) is 39.4 Å². The maximum atomic E-state index is 12.4. The molecule has 4 rings (SSSR count). The molecule has 3 aromatic rings. The average Bonchev–Trinajstić information content (AvgIpc) is 3.31. The minimum absolute atomic E-state index is 0.203. The largest absolute Gasteiger partial charge is 0.379 e. The molecule has 144 valence electrons. The second kappa shape index (κ2) is 7.80. The molecule has 9 heteroatoms. The van der Waals surface area contributed by atoms with E-state index >= 15 is 0 Å². The molecule has 1 saturated heterocycles. The van der Waals surface area contributed by atoms with Crippen molar-refractivity contribution in [1.82, 2.24) is 29.4 Å². The van der Waals surface area contributed by atoms with E-state index in [1.54, 1.807) is 40.5 Å². The minimum atomic E-state index is -0.203. The smallest absolute Gasteiger partial charge is 0.271 e. The van der Waals surface area contributed by atoms with E-state index in [9.17, 15) is 4.79 Å². The Labute approximate surface area is 162 Å². The molecule has 1 aliphatic heterocycles. The number of carbonyl (C=O) groups is 1. The van der Waals surface area contributed by atoms with Crippen LogP contribution in [0.5, 0.6) is 0 Å². The SMILES string of the molecule is Cn1nc(C(=O)NCCN2CCOCC2)cc1-c1cn2cc(C#N)ccc2n1. The van der Waals surface area contributed by atoms with Crippen molar-refractivity contribution in [2.45, 2.75) is 0 Å². The van der Waals surface area contributed by atoms with Crippen LogP contribution in [0.3, 0.4) is 0 Å². The van der Waals surface area contributed by atoms with Crippen LogP contribution in [-0.2, 0) is 11.8 Å². The predicted molar refractivity (Wildman–Crippen MR) is 102 cm³/mol. The van der Waals surface area contributed by atoms with Crippen molar-refractivity contribution >= 4 is 11.6 Å². The number of aromatic nitrogens is 4. The number of pyridine rings is 1. The first-order valence-corrected chi connectivity index (χ1v) is 9.15. The number of rotatable bonds is 5. The van der Waals surface area contributed by atoms with E-state index in [0.29, 0.717) is 23.5 Å². The zero-order chi connectivity index (χ0) is 19.5. The third kappa shape index (κ3) is 3.74. The van der Waals surface area contributed by atoms with E-state index in [1.165, 1.54) is 0 Å². The lowest BCUT2D eigenvalue weighted by atomic mass is 10.3. The van der Waals surface area contributed by atoms with Gasteiger partial charge in [-0.3, -0.25) is 14.4 Å². The Bertz CT molecular complexity index is 1040. The fourth-order valence-electron chi connectivity index (χ4n) is 3.24. The molecule has 1 fully saturated rings. The molecule has 3 aromatic heterocycles. The number of fused-ring (bicyclic) bond motifs is 1. The molecular formula is C19H21N7O2. The van der Waals surface area contributed by atoms with Crippen LogP contribution in [-0.4, -0.2) is 69.4 Å². The molecule has 4 heterocycles. The molecule has 0 radical (unpaired) electrons. The van der Waals surface area contributed by atoms with Gasteiger partial charge in [-0.25, -0.2) is 4.98 Å². The molecule has 28 heavy (non-hydrogen) atoms. The maximum absolute atomic E-state index is 12.4. The molecule has 0 bridgehead atoms. The summed E-state index contributed by atoms with van der Waals surface area (Å²) in [6.07, 6.45) is 3.55. The van der Waals surface area contributed by atoms with E-state index < -0.39 is 0 Å². The van der Waals surface area contributed by atoms with E-state index in [2.05, 4.69) is 26.4 Å². The van der Waals surface area contributed by atoms with Crippen molar-refractivity contribution in [3.05, 3.63) is 41.9 Å². The molecule has 9 nitrogen and oxygen atoms in total. The first-order chi connectivity index (χ1) is 13.6. The Balaban J connectivity index is 1.45. The molecule has 0 saturated carbocycles. The van der Waals surface area contributed by atoms with Crippen LogP contribution in [0, 0.1) is 11.3 Å². The van der Waals surface area contributed by atoms with Crippen molar-refractivity contribution in [1.29, 1.82) is 5.26 Å². The highest BCUT2D eigenvalue weighted by Gasteiger charge is 2.17. The fraction of sp³-hybridized carbons (Fsp3) is 0.368. The van der Waals surface area contributed by atoms with Crippen molar-refractivity contribution in [2.24, 2.45) is 7.05 Å². The van der Waals surface area contributed by atoms with Gasteiger partial charge in [0, 0.05) is 45.6 Å². The maximum Gasteiger partial charge on any atom is 0.271 e. The number of carbonyl (C=O) groups excluding carboxylic acids is 1. The summed E-state index contributed by atoms with van der Waals surface area (Å²) in [5.41, 5.74) is 3.07. The quantitative estimate of drug-likeness (QED) is 0.699. The summed E-state index contributed by atoms with van der Waals surface area (Å²) in [6, 6.07) is 7.36. The van der Waals surface area contributed by atoms with Gasteiger partial charge in [0.25, 0.3) is 5.91 Å². The van der Waals surface area contributed by atoms with Gasteiger partial charge in [0.15, 0.2) is 5.69 Å². The number of hydrogen-bond acceptors (Lipinski definition) is 6. The summed E-state index contributed by atoms with van der Waals surface area (Å²) in [7, 11) is 1.78. The summed E-state index contributed by atoms with van der Waals surface area (Å²) in [4.78, 5) is 19.3. The fourth-order valence-corrected chi connectivity index (χ4v) is 3.24. The van der Waals surface area contributed by atoms with Gasteiger partial charge in [0.2, 0.25) is 0 Å². The van der Waals surface area contributed by atoms with Crippen LogP contribution in [0.2, 0.25) is 0 Å². The van der Waals surface area contributed by atoms with Gasteiger partial charge in [-0.05, 0) is 18.2 Å². The molecule has 0 atom stereocenters. The van der Waals surface area contributed by atoms with Gasteiger partial charge in [0.1, 0.15) is 17.4 Å². The number of imidazole rings is 1. The second-order valence-electron chi connectivity index (χ2n) is 6.67. The standard InChI is InChI=1S/C19H21N7O2/c1-24-17(16-13-26-12-14(11-20)2-3-18(26)22-16)10-15(23-24)19(27)21-4-5-25-6-8-28-9-7-25/h2-3,10,12-13H,4-9H2,1H3,(H,21,27). The topological polar surface area (TPSA) is 100 Å². The first kappa shape index (κ1) is 18.2. The number of aryl methyl sites for hydroxylation is 1. The van der Waals surface area contributed by atoms with Crippen LogP contribution in [0.1, 0.15) is 16.1 Å². The van der Waals surface area contributed by atoms with E-state index in [0.717, 1.165) is 44.2 Å². The summed E-state index contributed by atoms with van der Waals surface area (Å²) in [5, 5.41) is 16.3. The first-order valence-electron chi connectivity index (χ1n) is 9.15. The lowest BCUT2D eigenvalue weighted by molar-refractivity contribution is 0.0383. The van der Waals surface area contributed by atoms with Crippen molar-refractivity contribution in [3.8, 4) is 17.5 Å². The number of nitriles is 1. The number of amides is 1. The third-order valence-electron chi connectivity index (χ3n) is 4.77. The van der Waals surface area contributed by atoms with Crippen LogP contribution in [0.4, 0.5) is 0 Å².